The number of fused-ring (bicyclic) bond motifs is 2. The van der Waals surface area contributed by atoms with Crippen LogP contribution in [0.5, 0.6) is 0 Å². The van der Waals surface area contributed by atoms with Gasteiger partial charge < -0.3 is 10.2 Å². The molecule has 2 saturated heterocycles. The Kier molecular flexibility index (Phi) is 7.81. The second-order valence-corrected chi connectivity index (χ2v) is 9.30. The second-order valence-electron chi connectivity index (χ2n) is 6.91. The zero-order valence-corrected chi connectivity index (χ0v) is 16.1. The van der Waals surface area contributed by atoms with Crippen LogP contribution in [-0.4, -0.2) is 55.4 Å². The number of rotatable bonds is 7. The van der Waals surface area contributed by atoms with E-state index in [1.54, 1.807) is 11.8 Å². The highest BCUT2D eigenvalue weighted by Crippen LogP contribution is 2.33. The zero-order chi connectivity index (χ0) is 16.3. The SMILES string of the molecule is CCN(C(=O)CC1CC2CCC(C1)N2)C(C)CS(=O)(=O)CC.Cl. The Balaban J connectivity index is 0.00000264. The van der Waals surface area contributed by atoms with Crippen LogP contribution in [0.2, 0.25) is 0 Å². The zero-order valence-electron chi connectivity index (χ0n) is 14.5. The second kappa shape index (κ2) is 8.67. The molecule has 0 radical (unpaired) electrons. The van der Waals surface area contributed by atoms with Crippen molar-refractivity contribution >= 4 is 28.2 Å². The van der Waals surface area contributed by atoms with Crippen molar-refractivity contribution in [3.63, 3.8) is 0 Å². The highest BCUT2D eigenvalue weighted by Gasteiger charge is 2.35. The van der Waals surface area contributed by atoms with Gasteiger partial charge in [0.05, 0.1) is 5.75 Å². The van der Waals surface area contributed by atoms with Crippen molar-refractivity contribution in [1.29, 1.82) is 0 Å². The van der Waals surface area contributed by atoms with Crippen LogP contribution in [-0.2, 0) is 14.6 Å². The van der Waals surface area contributed by atoms with Gasteiger partial charge in [0.2, 0.25) is 5.91 Å². The Labute approximate surface area is 146 Å². The van der Waals surface area contributed by atoms with Gasteiger partial charge in [-0.25, -0.2) is 8.42 Å². The lowest BCUT2D eigenvalue weighted by molar-refractivity contribution is -0.133. The number of hydrogen-bond acceptors (Lipinski definition) is 4. The van der Waals surface area contributed by atoms with Crippen LogP contribution in [0.25, 0.3) is 0 Å². The molecule has 2 aliphatic heterocycles. The summed E-state index contributed by atoms with van der Waals surface area (Å²) in [5.41, 5.74) is 0. The van der Waals surface area contributed by atoms with Crippen LogP contribution in [0.3, 0.4) is 0 Å². The van der Waals surface area contributed by atoms with Crippen LogP contribution < -0.4 is 5.32 Å². The van der Waals surface area contributed by atoms with Gasteiger partial charge in [-0.2, -0.15) is 0 Å². The number of sulfone groups is 1. The van der Waals surface area contributed by atoms with Crippen LogP contribution in [0, 0.1) is 5.92 Å². The normalized spacial score (nSPS) is 28.0. The summed E-state index contributed by atoms with van der Waals surface area (Å²) in [7, 11) is -3.05. The fourth-order valence-corrected chi connectivity index (χ4v) is 5.17. The number of nitrogens with zero attached hydrogens (tertiary/aromatic N) is 1. The lowest BCUT2D eigenvalue weighted by Crippen LogP contribution is -2.45. The molecule has 5 nitrogen and oxygen atoms in total. The Bertz CT molecular complexity index is 486. The van der Waals surface area contributed by atoms with E-state index in [2.05, 4.69) is 5.32 Å². The quantitative estimate of drug-likeness (QED) is 0.748. The molecular weight excluding hydrogens is 336 g/mol. The van der Waals surface area contributed by atoms with Crippen molar-refractivity contribution in [1.82, 2.24) is 10.2 Å². The number of hydrogen-bond donors (Lipinski definition) is 1. The van der Waals surface area contributed by atoms with Crippen LogP contribution in [0.1, 0.15) is 52.9 Å². The molecule has 0 saturated carbocycles. The van der Waals surface area contributed by atoms with E-state index in [1.807, 2.05) is 13.8 Å². The number of carbonyl (C=O) groups is 1. The Morgan fingerprint density at radius 3 is 2.26 bits per heavy atom. The van der Waals surface area contributed by atoms with Crippen molar-refractivity contribution in [2.24, 2.45) is 5.92 Å². The molecule has 2 heterocycles. The van der Waals surface area contributed by atoms with Gasteiger partial charge in [0, 0.05) is 36.8 Å². The summed E-state index contributed by atoms with van der Waals surface area (Å²) in [6, 6.07) is 0.940. The maximum absolute atomic E-state index is 12.6. The lowest BCUT2D eigenvalue weighted by atomic mass is 9.89. The Morgan fingerprint density at radius 2 is 1.78 bits per heavy atom. The predicted molar refractivity (Wildman–Crippen MR) is 95.7 cm³/mol. The molecule has 2 aliphatic rings. The van der Waals surface area contributed by atoms with Crippen molar-refractivity contribution in [3.8, 4) is 0 Å². The Morgan fingerprint density at radius 1 is 1.22 bits per heavy atom. The molecule has 7 heteroatoms. The predicted octanol–water partition coefficient (Wildman–Crippen LogP) is 2.00. The number of piperidine rings is 1. The van der Waals surface area contributed by atoms with Gasteiger partial charge in [-0.1, -0.05) is 6.92 Å². The van der Waals surface area contributed by atoms with E-state index in [1.165, 1.54) is 12.8 Å². The van der Waals surface area contributed by atoms with Crippen LogP contribution in [0.15, 0.2) is 0 Å². The highest BCUT2D eigenvalue weighted by molar-refractivity contribution is 7.91. The smallest absolute Gasteiger partial charge is 0.223 e. The summed E-state index contributed by atoms with van der Waals surface area (Å²) in [5, 5.41) is 3.59. The fourth-order valence-electron chi connectivity index (χ4n) is 4.02. The first-order valence-corrected chi connectivity index (χ1v) is 10.4. The van der Waals surface area contributed by atoms with E-state index in [0.29, 0.717) is 31.0 Å². The molecule has 1 amide bonds. The van der Waals surface area contributed by atoms with Gasteiger partial charge in [0.15, 0.2) is 9.84 Å². The molecule has 2 rings (SSSR count). The summed E-state index contributed by atoms with van der Waals surface area (Å²) in [4.78, 5) is 14.3. The van der Waals surface area contributed by atoms with Crippen LogP contribution >= 0.6 is 12.4 Å². The van der Waals surface area contributed by atoms with Gasteiger partial charge in [0.1, 0.15) is 0 Å². The van der Waals surface area contributed by atoms with E-state index < -0.39 is 9.84 Å². The van der Waals surface area contributed by atoms with Gasteiger partial charge in [-0.15, -0.1) is 12.4 Å². The minimum atomic E-state index is -3.05. The lowest BCUT2D eigenvalue weighted by Gasteiger charge is -2.32. The van der Waals surface area contributed by atoms with Crippen molar-refractivity contribution in [3.05, 3.63) is 0 Å². The van der Waals surface area contributed by atoms with Crippen molar-refractivity contribution < 1.29 is 13.2 Å². The van der Waals surface area contributed by atoms with Crippen molar-refractivity contribution in [2.45, 2.75) is 71.0 Å². The monoisotopic (exact) mass is 366 g/mol. The molecule has 0 aliphatic carbocycles. The average molecular weight is 367 g/mol. The number of amides is 1. The number of nitrogens with one attached hydrogen (secondary N) is 1. The van der Waals surface area contributed by atoms with Gasteiger partial charge >= 0.3 is 0 Å². The molecule has 2 fully saturated rings. The highest BCUT2D eigenvalue weighted by atomic mass is 35.5. The molecule has 0 aromatic rings. The summed E-state index contributed by atoms with van der Waals surface area (Å²) >= 11 is 0. The molecule has 136 valence electrons. The minimum absolute atomic E-state index is 0. The topological polar surface area (TPSA) is 66.5 Å². The molecule has 23 heavy (non-hydrogen) atoms. The van der Waals surface area contributed by atoms with Gasteiger partial charge in [-0.05, 0) is 45.4 Å². The molecule has 2 bridgehead atoms. The van der Waals surface area contributed by atoms with Crippen LogP contribution in [0.4, 0.5) is 0 Å². The number of halogens is 1. The first-order chi connectivity index (χ1) is 10.3. The largest absolute Gasteiger partial charge is 0.339 e. The molecule has 0 spiro atoms. The molecule has 0 aromatic carbocycles. The molecule has 0 aromatic heterocycles. The first-order valence-electron chi connectivity index (χ1n) is 8.60. The van der Waals surface area contributed by atoms with Gasteiger partial charge in [-0.3, -0.25) is 4.79 Å². The molecule has 3 atom stereocenters. The van der Waals surface area contributed by atoms with Crippen molar-refractivity contribution in [2.75, 3.05) is 18.1 Å². The minimum Gasteiger partial charge on any atom is -0.339 e. The third-order valence-corrected chi connectivity index (χ3v) is 7.03. The van der Waals surface area contributed by atoms with E-state index in [0.717, 1.165) is 12.8 Å². The standard InChI is InChI=1S/C16H30N2O3S.ClH/c1-4-18(12(3)11-22(20,21)5-2)16(19)10-13-8-14-6-7-15(9-13)17-14;/h12-15,17H,4-11H2,1-3H3;1H. The Hall–Kier alpha value is -0.330. The summed E-state index contributed by atoms with van der Waals surface area (Å²) in [5.74, 6) is 0.782. The van der Waals surface area contributed by atoms with E-state index in [-0.39, 0.29) is 35.9 Å². The molecule has 3 unspecified atom stereocenters. The van der Waals surface area contributed by atoms with Gasteiger partial charge in [0.25, 0.3) is 0 Å². The van der Waals surface area contributed by atoms with E-state index in [4.69, 9.17) is 0 Å². The maximum atomic E-state index is 12.6. The average Bonchev–Trinajstić information content (AvgIpc) is 2.78. The first kappa shape index (κ1) is 20.7. The summed E-state index contributed by atoms with van der Waals surface area (Å²) in [6.45, 7) is 6.02. The third-order valence-electron chi connectivity index (χ3n) is 5.16. The molecular formula is C16H31ClN2O3S. The maximum Gasteiger partial charge on any atom is 0.223 e. The summed E-state index contributed by atoms with van der Waals surface area (Å²) in [6.07, 6.45) is 5.21. The molecule has 1 N–H and O–H groups in total. The fraction of sp³-hybridized carbons (Fsp3) is 0.938. The van der Waals surface area contributed by atoms with E-state index in [9.17, 15) is 13.2 Å². The summed E-state index contributed by atoms with van der Waals surface area (Å²) < 4.78 is 23.6. The van der Waals surface area contributed by atoms with E-state index >= 15 is 0 Å². The number of carbonyl (C=O) groups excluding carboxylic acids is 1. The third kappa shape index (κ3) is 5.61.